The van der Waals surface area contributed by atoms with E-state index in [4.69, 9.17) is 18.9 Å². The number of methoxy groups -OCH3 is 1. The van der Waals surface area contributed by atoms with Gasteiger partial charge in [0.1, 0.15) is 11.5 Å². The van der Waals surface area contributed by atoms with Gasteiger partial charge >= 0.3 is 0 Å². The normalized spacial score (nSPS) is 17.1. The number of amides is 1. The van der Waals surface area contributed by atoms with Gasteiger partial charge in [-0.25, -0.2) is 0 Å². The average molecular weight is 426 g/mol. The number of aryl methyl sites for hydroxylation is 1. The van der Waals surface area contributed by atoms with E-state index in [0.717, 1.165) is 48.4 Å². The van der Waals surface area contributed by atoms with Crippen LogP contribution in [0.1, 0.15) is 43.7 Å². The molecule has 0 unspecified atom stereocenters. The number of rotatable bonds is 9. The Morgan fingerprint density at radius 3 is 2.48 bits per heavy atom. The first-order valence-electron chi connectivity index (χ1n) is 11.2. The van der Waals surface area contributed by atoms with E-state index in [9.17, 15) is 4.79 Å². The molecule has 0 aliphatic carbocycles. The molecule has 166 valence electrons. The quantitative estimate of drug-likeness (QED) is 0.556. The van der Waals surface area contributed by atoms with Crippen molar-refractivity contribution in [1.82, 2.24) is 0 Å². The van der Waals surface area contributed by atoms with Gasteiger partial charge in [-0.3, -0.25) is 4.79 Å². The summed E-state index contributed by atoms with van der Waals surface area (Å²) in [5.74, 6) is 0.166. The smallest absolute Gasteiger partial charge is 0.292 e. The highest BCUT2D eigenvalue weighted by atomic mass is 16.7. The van der Waals surface area contributed by atoms with Crippen LogP contribution >= 0.6 is 0 Å². The van der Waals surface area contributed by atoms with Gasteiger partial charge in [0.05, 0.1) is 32.6 Å². The highest BCUT2D eigenvalue weighted by molar-refractivity contribution is 6.06. The van der Waals surface area contributed by atoms with Crippen LogP contribution in [0, 0.1) is 0 Å². The first-order valence-corrected chi connectivity index (χ1v) is 11.2. The van der Waals surface area contributed by atoms with Crippen LogP contribution in [-0.2, 0) is 26.5 Å². The van der Waals surface area contributed by atoms with Gasteiger partial charge in [-0.2, -0.15) is 0 Å². The van der Waals surface area contributed by atoms with Crippen LogP contribution in [0.25, 0.3) is 0 Å². The monoisotopic (exact) mass is 425 g/mol. The van der Waals surface area contributed by atoms with Crippen molar-refractivity contribution in [2.24, 2.45) is 0 Å². The molecule has 2 aliphatic rings. The van der Waals surface area contributed by atoms with Crippen LogP contribution in [0.5, 0.6) is 11.5 Å². The summed E-state index contributed by atoms with van der Waals surface area (Å²) in [5, 5.41) is 0. The molecule has 1 amide bonds. The lowest BCUT2D eigenvalue weighted by Gasteiger charge is -2.32. The number of hydrogen-bond acceptors (Lipinski definition) is 5. The van der Waals surface area contributed by atoms with E-state index in [-0.39, 0.29) is 5.91 Å². The topological polar surface area (TPSA) is 57.2 Å². The van der Waals surface area contributed by atoms with Crippen molar-refractivity contribution >= 4 is 11.6 Å². The minimum absolute atomic E-state index is 0.126. The molecule has 1 saturated heterocycles. The lowest BCUT2D eigenvalue weighted by molar-refractivity contribution is -0.256. The molecule has 0 saturated carbocycles. The number of ether oxygens (including phenoxy) is 4. The summed E-state index contributed by atoms with van der Waals surface area (Å²) in [6.07, 6.45) is 4.74. The lowest BCUT2D eigenvalue weighted by Crippen LogP contribution is -2.47. The van der Waals surface area contributed by atoms with E-state index >= 15 is 0 Å². The third-order valence-corrected chi connectivity index (χ3v) is 5.81. The fourth-order valence-electron chi connectivity index (χ4n) is 4.14. The first-order chi connectivity index (χ1) is 15.2. The first kappa shape index (κ1) is 21.7. The molecule has 6 heteroatoms. The van der Waals surface area contributed by atoms with Crippen LogP contribution < -0.4 is 14.4 Å². The van der Waals surface area contributed by atoms with E-state index in [1.165, 1.54) is 5.56 Å². The molecule has 2 aliphatic heterocycles. The van der Waals surface area contributed by atoms with Crippen LogP contribution in [0.3, 0.4) is 0 Å². The predicted octanol–water partition coefficient (Wildman–Crippen LogP) is 4.44. The number of carbonyl (C=O) groups excluding carboxylic acids is 1. The maximum atomic E-state index is 13.4. The molecule has 0 radical (unpaired) electrons. The fourth-order valence-corrected chi connectivity index (χ4v) is 4.14. The van der Waals surface area contributed by atoms with E-state index < -0.39 is 5.79 Å². The maximum absolute atomic E-state index is 13.4. The van der Waals surface area contributed by atoms with E-state index in [2.05, 4.69) is 19.1 Å². The Morgan fingerprint density at radius 1 is 1.03 bits per heavy atom. The van der Waals surface area contributed by atoms with Crippen LogP contribution in [0.15, 0.2) is 42.5 Å². The summed E-state index contributed by atoms with van der Waals surface area (Å²) in [5.41, 5.74) is 2.95. The van der Waals surface area contributed by atoms with E-state index in [1.54, 1.807) is 12.0 Å². The van der Waals surface area contributed by atoms with Crippen molar-refractivity contribution in [1.29, 1.82) is 0 Å². The zero-order valence-electron chi connectivity index (χ0n) is 18.4. The molecule has 2 aromatic carbocycles. The number of nitrogens with zero attached hydrogens (tertiary/aromatic N) is 1. The molecule has 6 nitrogen and oxygen atoms in total. The number of benzene rings is 2. The highest BCUT2D eigenvalue weighted by Crippen LogP contribution is 2.45. The van der Waals surface area contributed by atoms with E-state index in [0.29, 0.717) is 32.8 Å². The van der Waals surface area contributed by atoms with E-state index in [1.807, 2.05) is 30.3 Å². The largest absolute Gasteiger partial charge is 0.497 e. The highest BCUT2D eigenvalue weighted by Gasteiger charge is 2.54. The third kappa shape index (κ3) is 4.41. The molecule has 2 aromatic rings. The Kier molecular flexibility index (Phi) is 6.78. The molecular weight excluding hydrogens is 394 g/mol. The summed E-state index contributed by atoms with van der Waals surface area (Å²) in [7, 11) is 1.64. The molecule has 0 aromatic heterocycles. The van der Waals surface area contributed by atoms with Crippen molar-refractivity contribution in [3.8, 4) is 11.5 Å². The zero-order chi connectivity index (χ0) is 21.7. The summed E-state index contributed by atoms with van der Waals surface area (Å²) < 4.78 is 23.0. The molecule has 0 atom stereocenters. The minimum Gasteiger partial charge on any atom is -0.497 e. The summed E-state index contributed by atoms with van der Waals surface area (Å²) in [6, 6.07) is 13.8. The number of hydrogen-bond donors (Lipinski definition) is 0. The second kappa shape index (κ2) is 9.71. The number of anilines is 1. The van der Waals surface area contributed by atoms with Crippen LogP contribution in [-0.4, -0.2) is 39.4 Å². The van der Waals surface area contributed by atoms with Crippen LogP contribution in [0.4, 0.5) is 5.69 Å². The Bertz CT molecular complexity index is 889. The van der Waals surface area contributed by atoms with Gasteiger partial charge in [0.15, 0.2) is 0 Å². The third-order valence-electron chi connectivity index (χ3n) is 5.81. The Hall–Kier alpha value is -2.57. The Morgan fingerprint density at radius 2 is 1.77 bits per heavy atom. The molecular formula is C25H31NO5. The average Bonchev–Trinajstić information content (AvgIpc) is 3.03. The molecule has 2 heterocycles. The van der Waals surface area contributed by atoms with Gasteiger partial charge in [-0.1, -0.05) is 19.4 Å². The second-order valence-electron chi connectivity index (χ2n) is 7.96. The SMILES string of the molecule is CCCCc1ccc2c(c1)C1(OCCCO1)C(=O)N2CCCOc1ccc(OC)cc1. The van der Waals surface area contributed by atoms with Crippen molar-refractivity contribution in [3.05, 3.63) is 53.6 Å². The fraction of sp³-hybridized carbons (Fsp3) is 0.480. The van der Waals surface area contributed by atoms with Crippen molar-refractivity contribution in [2.45, 2.75) is 44.8 Å². The van der Waals surface area contributed by atoms with Crippen molar-refractivity contribution < 1.29 is 23.7 Å². The van der Waals surface area contributed by atoms with Gasteiger partial charge in [-0.05, 0) is 67.6 Å². The second-order valence-corrected chi connectivity index (χ2v) is 7.96. The Balaban J connectivity index is 1.45. The molecule has 0 N–H and O–H groups in total. The standard InChI is InChI=1S/C25H31NO5/c1-3-4-7-19-8-13-23-22(18-19)25(30-16-6-17-31-25)24(27)26(23)14-5-15-29-21-11-9-20(28-2)10-12-21/h8-13,18H,3-7,14-17H2,1-2H3. The maximum Gasteiger partial charge on any atom is 0.292 e. The molecule has 1 spiro atoms. The number of unbranched alkanes of at least 4 members (excludes halogenated alkanes) is 1. The van der Waals surface area contributed by atoms with Gasteiger partial charge < -0.3 is 23.8 Å². The zero-order valence-corrected chi connectivity index (χ0v) is 18.4. The van der Waals surface area contributed by atoms with Crippen LogP contribution in [0.2, 0.25) is 0 Å². The number of fused-ring (bicyclic) bond motifs is 2. The minimum atomic E-state index is -1.29. The summed E-state index contributed by atoms with van der Waals surface area (Å²) in [4.78, 5) is 15.2. The van der Waals surface area contributed by atoms with Gasteiger partial charge in [0.25, 0.3) is 11.7 Å². The van der Waals surface area contributed by atoms with Crippen molar-refractivity contribution in [2.75, 3.05) is 38.4 Å². The summed E-state index contributed by atoms with van der Waals surface area (Å²) >= 11 is 0. The molecule has 4 rings (SSSR count). The summed E-state index contributed by atoms with van der Waals surface area (Å²) in [6.45, 7) is 4.29. The Labute approximate surface area is 184 Å². The number of carbonyl (C=O) groups is 1. The lowest BCUT2D eigenvalue weighted by atomic mass is 10.00. The van der Waals surface area contributed by atoms with Gasteiger partial charge in [-0.15, -0.1) is 0 Å². The van der Waals surface area contributed by atoms with Crippen molar-refractivity contribution in [3.63, 3.8) is 0 Å². The predicted molar refractivity (Wildman–Crippen MR) is 119 cm³/mol. The van der Waals surface area contributed by atoms with Gasteiger partial charge in [0, 0.05) is 12.1 Å². The molecule has 0 bridgehead atoms. The van der Waals surface area contributed by atoms with Gasteiger partial charge in [0.2, 0.25) is 0 Å². The molecule has 1 fully saturated rings. The molecule has 31 heavy (non-hydrogen) atoms.